The molecule has 0 bridgehead atoms. The summed E-state index contributed by atoms with van der Waals surface area (Å²) in [5, 5.41) is 14.2. The second-order valence-corrected chi connectivity index (χ2v) is 5.84. The zero-order valence-corrected chi connectivity index (χ0v) is 14.6. The van der Waals surface area contributed by atoms with Gasteiger partial charge in [-0.3, -0.25) is 0 Å². The molecule has 12 heteroatoms. The van der Waals surface area contributed by atoms with Gasteiger partial charge in [0.15, 0.2) is 5.69 Å². The van der Waals surface area contributed by atoms with Gasteiger partial charge in [0.25, 0.3) is 0 Å². The number of rotatable bonds is 6. The maximum atomic E-state index is 13.1. The van der Waals surface area contributed by atoms with Gasteiger partial charge in [0.05, 0.1) is 6.61 Å². The number of aliphatic hydroxyl groups is 1. The Hall–Kier alpha value is -2.76. The maximum Gasteiger partial charge on any atom is 0.573 e. The summed E-state index contributed by atoms with van der Waals surface area (Å²) in [6.07, 6.45) is -9.61. The van der Waals surface area contributed by atoms with Crippen LogP contribution in [0.15, 0.2) is 24.3 Å². The van der Waals surface area contributed by atoms with Crippen LogP contribution in [0.4, 0.5) is 43.8 Å². The second-order valence-electron chi connectivity index (χ2n) is 5.84. The molecule has 0 unspecified atom stereocenters. The average molecular weight is 410 g/mol. The minimum atomic E-state index is -4.86. The lowest BCUT2D eigenvalue weighted by molar-refractivity contribution is -0.274. The minimum Gasteiger partial charge on any atom is -0.406 e. The molecule has 0 spiro atoms. The van der Waals surface area contributed by atoms with Crippen LogP contribution in [0.5, 0.6) is 5.75 Å². The van der Waals surface area contributed by atoms with Gasteiger partial charge in [-0.2, -0.15) is 18.2 Å². The lowest BCUT2D eigenvalue weighted by Gasteiger charge is -2.16. The predicted molar refractivity (Wildman–Crippen MR) is 88.3 cm³/mol. The number of nitrogens with zero attached hydrogens (tertiary/aromatic N) is 2. The Balaban J connectivity index is 2.33. The van der Waals surface area contributed by atoms with E-state index < -0.39 is 30.0 Å². The van der Waals surface area contributed by atoms with E-state index in [2.05, 4.69) is 25.3 Å². The Morgan fingerprint density at radius 2 is 1.79 bits per heavy atom. The van der Waals surface area contributed by atoms with Gasteiger partial charge >= 0.3 is 12.5 Å². The van der Waals surface area contributed by atoms with Crippen LogP contribution in [0, 0.1) is 6.92 Å². The summed E-state index contributed by atoms with van der Waals surface area (Å²) in [7, 11) is 0. The summed E-state index contributed by atoms with van der Waals surface area (Å²) < 4.78 is 79.8. The largest absolute Gasteiger partial charge is 0.573 e. The van der Waals surface area contributed by atoms with E-state index in [1.54, 1.807) is 0 Å². The summed E-state index contributed by atoms with van der Waals surface area (Å²) >= 11 is 0. The van der Waals surface area contributed by atoms with Gasteiger partial charge in [0.2, 0.25) is 5.95 Å². The van der Waals surface area contributed by atoms with Crippen LogP contribution < -0.4 is 15.4 Å². The zero-order chi connectivity index (χ0) is 21.1. The number of hydrogen-bond acceptors (Lipinski definition) is 6. The van der Waals surface area contributed by atoms with Crippen molar-refractivity contribution in [2.45, 2.75) is 32.4 Å². The Labute approximate surface area is 155 Å². The van der Waals surface area contributed by atoms with Crippen molar-refractivity contribution in [1.29, 1.82) is 0 Å². The number of nitrogens with one attached hydrogen (secondary N) is 2. The third kappa shape index (κ3) is 6.15. The Morgan fingerprint density at radius 3 is 2.32 bits per heavy atom. The topological polar surface area (TPSA) is 79.3 Å². The predicted octanol–water partition coefficient (Wildman–Crippen LogP) is 4.24. The second kappa shape index (κ2) is 8.09. The SMILES string of the molecule is Cc1cc(OC(F)(F)F)ccc1Nc1cc(C(F)(F)F)nc(N[C@H](C)CO)n1. The van der Waals surface area contributed by atoms with Crippen LogP contribution in [0.25, 0.3) is 0 Å². The number of aryl methyl sites for hydroxylation is 1. The normalized spacial score (nSPS) is 13.2. The van der Waals surface area contributed by atoms with Crippen molar-refractivity contribution in [2.24, 2.45) is 0 Å². The van der Waals surface area contributed by atoms with Crippen LogP contribution in [0.2, 0.25) is 0 Å². The third-order valence-electron chi connectivity index (χ3n) is 3.36. The number of alkyl halides is 6. The van der Waals surface area contributed by atoms with Gasteiger partial charge in [-0.25, -0.2) is 4.98 Å². The van der Waals surface area contributed by atoms with Gasteiger partial charge < -0.3 is 20.5 Å². The summed E-state index contributed by atoms with van der Waals surface area (Å²) in [4.78, 5) is 7.27. The molecule has 0 amide bonds. The lowest BCUT2D eigenvalue weighted by Crippen LogP contribution is -2.22. The number of benzene rings is 1. The minimum absolute atomic E-state index is 0.225. The number of hydrogen-bond donors (Lipinski definition) is 3. The molecule has 0 radical (unpaired) electrons. The van der Waals surface area contributed by atoms with Crippen LogP contribution in [-0.4, -0.2) is 34.1 Å². The number of anilines is 3. The first-order valence-corrected chi connectivity index (χ1v) is 7.84. The number of ether oxygens (including phenoxy) is 1. The molecule has 2 rings (SSSR count). The molecule has 6 nitrogen and oxygen atoms in total. The first kappa shape index (κ1) is 21.5. The van der Waals surface area contributed by atoms with E-state index in [-0.39, 0.29) is 29.6 Å². The summed E-state index contributed by atoms with van der Waals surface area (Å²) in [5.41, 5.74) is -0.720. The molecule has 0 aliphatic rings. The number of aromatic nitrogens is 2. The molecular formula is C16H16F6N4O2. The van der Waals surface area contributed by atoms with Crippen LogP contribution >= 0.6 is 0 Å². The molecule has 0 saturated heterocycles. The summed E-state index contributed by atoms with van der Waals surface area (Å²) in [5.74, 6) is -1.07. The molecule has 1 aromatic carbocycles. The molecule has 0 aliphatic heterocycles. The molecule has 154 valence electrons. The van der Waals surface area contributed by atoms with E-state index in [9.17, 15) is 26.3 Å². The van der Waals surface area contributed by atoms with E-state index in [0.29, 0.717) is 6.07 Å². The molecule has 2 aromatic rings. The Morgan fingerprint density at radius 1 is 1.11 bits per heavy atom. The molecule has 1 atom stereocenters. The lowest BCUT2D eigenvalue weighted by atomic mass is 10.2. The number of aliphatic hydroxyl groups excluding tert-OH is 1. The zero-order valence-electron chi connectivity index (χ0n) is 14.6. The molecule has 28 heavy (non-hydrogen) atoms. The molecule has 3 N–H and O–H groups in total. The fraction of sp³-hybridized carbons (Fsp3) is 0.375. The van der Waals surface area contributed by atoms with E-state index >= 15 is 0 Å². The van der Waals surface area contributed by atoms with Gasteiger partial charge in [0.1, 0.15) is 11.6 Å². The van der Waals surface area contributed by atoms with E-state index in [1.165, 1.54) is 19.9 Å². The monoisotopic (exact) mass is 410 g/mol. The summed E-state index contributed by atoms with van der Waals surface area (Å²) in [6, 6.07) is 3.37. The fourth-order valence-corrected chi connectivity index (χ4v) is 2.10. The van der Waals surface area contributed by atoms with Crippen molar-refractivity contribution >= 4 is 17.5 Å². The van der Waals surface area contributed by atoms with E-state index in [1.807, 2.05) is 0 Å². The van der Waals surface area contributed by atoms with Crippen molar-refractivity contribution in [2.75, 3.05) is 17.2 Å². The molecule has 0 aliphatic carbocycles. The molecule has 0 saturated carbocycles. The van der Waals surface area contributed by atoms with Crippen molar-refractivity contribution < 1.29 is 36.2 Å². The van der Waals surface area contributed by atoms with Gasteiger partial charge in [-0.1, -0.05) is 0 Å². The highest BCUT2D eigenvalue weighted by molar-refractivity contribution is 5.62. The fourth-order valence-electron chi connectivity index (χ4n) is 2.10. The third-order valence-corrected chi connectivity index (χ3v) is 3.36. The highest BCUT2D eigenvalue weighted by Gasteiger charge is 2.34. The van der Waals surface area contributed by atoms with Crippen molar-refractivity contribution in [3.63, 3.8) is 0 Å². The van der Waals surface area contributed by atoms with E-state index in [0.717, 1.165) is 12.1 Å². The van der Waals surface area contributed by atoms with Gasteiger partial charge in [0, 0.05) is 17.8 Å². The van der Waals surface area contributed by atoms with Crippen LogP contribution in [-0.2, 0) is 6.18 Å². The molecule has 1 aromatic heterocycles. The first-order valence-electron chi connectivity index (χ1n) is 7.84. The van der Waals surface area contributed by atoms with Crippen molar-refractivity contribution in [3.8, 4) is 5.75 Å². The van der Waals surface area contributed by atoms with Crippen molar-refractivity contribution in [3.05, 3.63) is 35.5 Å². The summed E-state index contributed by atoms with van der Waals surface area (Å²) in [6.45, 7) is 2.60. The van der Waals surface area contributed by atoms with Gasteiger partial charge in [-0.15, -0.1) is 13.2 Å². The first-order chi connectivity index (χ1) is 12.9. The van der Waals surface area contributed by atoms with Crippen LogP contribution in [0.3, 0.4) is 0 Å². The maximum absolute atomic E-state index is 13.1. The molecule has 1 heterocycles. The average Bonchev–Trinajstić information content (AvgIpc) is 2.55. The highest BCUT2D eigenvalue weighted by atomic mass is 19.4. The van der Waals surface area contributed by atoms with Crippen LogP contribution in [0.1, 0.15) is 18.2 Å². The Bertz CT molecular complexity index is 826. The van der Waals surface area contributed by atoms with Crippen molar-refractivity contribution in [1.82, 2.24) is 9.97 Å². The Kier molecular flexibility index (Phi) is 6.22. The molecule has 0 fully saturated rings. The standard InChI is InChI=1S/C16H16F6N4O2/c1-8-5-10(28-16(20,21)22)3-4-11(8)24-13-6-12(15(17,18)19)25-14(26-13)23-9(2)7-27/h3-6,9,27H,7H2,1-2H3,(H2,23,24,25,26)/t9-/m1/s1. The highest BCUT2D eigenvalue weighted by Crippen LogP contribution is 2.32. The van der Waals surface area contributed by atoms with Gasteiger partial charge in [-0.05, 0) is 37.6 Å². The molecular weight excluding hydrogens is 394 g/mol. The smallest absolute Gasteiger partial charge is 0.406 e. The quantitative estimate of drug-likeness (QED) is 0.619. The number of halogens is 6. The van der Waals surface area contributed by atoms with E-state index in [4.69, 9.17) is 5.11 Å².